The number of carboxylic acids is 1. The third-order valence-electron chi connectivity index (χ3n) is 2.47. The number of aromatic nitrogens is 1. The lowest BCUT2D eigenvalue weighted by Gasteiger charge is -1.98. The number of hydrogen-bond acceptors (Lipinski definition) is 1. The Morgan fingerprint density at radius 1 is 1.53 bits per heavy atom. The maximum Gasteiger partial charge on any atom is 0.339 e. The largest absolute Gasteiger partial charge is 0.478 e. The van der Waals surface area contributed by atoms with E-state index in [1.165, 1.54) is 0 Å². The van der Waals surface area contributed by atoms with E-state index in [0.717, 1.165) is 17.5 Å². The van der Waals surface area contributed by atoms with E-state index in [-0.39, 0.29) is 10.7 Å². The lowest BCUT2D eigenvalue weighted by molar-refractivity contribution is 0.0699. The van der Waals surface area contributed by atoms with Crippen molar-refractivity contribution >= 4 is 28.5 Å². The van der Waals surface area contributed by atoms with Crippen LogP contribution in [-0.2, 0) is 6.42 Å². The fraction of sp³-hybridized carbons (Fsp3) is 0.182. The molecule has 0 amide bonds. The molecule has 0 saturated carbocycles. The second-order valence-corrected chi connectivity index (χ2v) is 3.69. The van der Waals surface area contributed by atoms with Crippen LogP contribution in [0.3, 0.4) is 0 Å². The molecule has 0 radical (unpaired) electrons. The molecule has 0 aliphatic rings. The summed E-state index contributed by atoms with van der Waals surface area (Å²) in [6.07, 6.45) is 0.841. The average Bonchev–Trinajstić information content (AvgIpc) is 2.53. The van der Waals surface area contributed by atoms with Gasteiger partial charge in [-0.2, -0.15) is 0 Å². The Morgan fingerprint density at radius 2 is 2.27 bits per heavy atom. The normalized spacial score (nSPS) is 10.8. The Labute approximate surface area is 91.7 Å². The first-order valence-electron chi connectivity index (χ1n) is 4.67. The molecule has 2 N–H and O–H groups in total. The molecule has 4 heteroatoms. The predicted molar refractivity (Wildman–Crippen MR) is 59.6 cm³/mol. The molecule has 0 aliphatic heterocycles. The van der Waals surface area contributed by atoms with E-state index in [2.05, 4.69) is 4.98 Å². The smallest absolute Gasteiger partial charge is 0.339 e. The molecule has 0 unspecified atom stereocenters. The van der Waals surface area contributed by atoms with Crippen LogP contribution >= 0.6 is 11.6 Å². The number of halogens is 1. The first kappa shape index (κ1) is 10.1. The third kappa shape index (κ3) is 1.49. The van der Waals surface area contributed by atoms with Crippen molar-refractivity contribution in [1.82, 2.24) is 4.98 Å². The van der Waals surface area contributed by atoms with Gasteiger partial charge in [-0.25, -0.2) is 4.79 Å². The highest BCUT2D eigenvalue weighted by atomic mass is 35.5. The SMILES string of the molecule is CCc1cccc2c(C(=O)O)c(Cl)[nH]c12. The van der Waals surface area contributed by atoms with Crippen molar-refractivity contribution < 1.29 is 9.90 Å². The van der Waals surface area contributed by atoms with Gasteiger partial charge >= 0.3 is 5.97 Å². The molecule has 0 atom stereocenters. The summed E-state index contributed by atoms with van der Waals surface area (Å²) in [5.41, 5.74) is 2.05. The van der Waals surface area contributed by atoms with Gasteiger partial charge in [-0.1, -0.05) is 36.7 Å². The van der Waals surface area contributed by atoms with E-state index in [9.17, 15) is 4.79 Å². The first-order valence-corrected chi connectivity index (χ1v) is 5.05. The fourth-order valence-electron chi connectivity index (χ4n) is 1.75. The quantitative estimate of drug-likeness (QED) is 0.822. The van der Waals surface area contributed by atoms with Gasteiger partial charge in [0.1, 0.15) is 10.7 Å². The number of rotatable bonds is 2. The molecule has 1 aromatic carbocycles. The van der Waals surface area contributed by atoms with Crippen LogP contribution in [0.15, 0.2) is 18.2 Å². The van der Waals surface area contributed by atoms with Gasteiger partial charge in [0.2, 0.25) is 0 Å². The van der Waals surface area contributed by atoms with E-state index in [0.29, 0.717) is 5.39 Å². The fourth-order valence-corrected chi connectivity index (χ4v) is 2.03. The van der Waals surface area contributed by atoms with Gasteiger partial charge in [0.15, 0.2) is 0 Å². The number of nitrogens with one attached hydrogen (secondary N) is 1. The number of aryl methyl sites for hydroxylation is 1. The van der Waals surface area contributed by atoms with Crippen LogP contribution in [0, 0.1) is 0 Å². The number of para-hydroxylation sites is 1. The lowest BCUT2D eigenvalue weighted by atomic mass is 10.1. The molecule has 0 aliphatic carbocycles. The molecule has 3 nitrogen and oxygen atoms in total. The minimum absolute atomic E-state index is 0.155. The Hall–Kier alpha value is -1.48. The minimum Gasteiger partial charge on any atom is -0.478 e. The topological polar surface area (TPSA) is 53.1 Å². The van der Waals surface area contributed by atoms with Crippen molar-refractivity contribution in [2.75, 3.05) is 0 Å². The van der Waals surface area contributed by atoms with Gasteiger partial charge in [0.25, 0.3) is 0 Å². The summed E-state index contributed by atoms with van der Waals surface area (Å²) >= 11 is 5.86. The molecule has 1 heterocycles. The molecule has 2 rings (SSSR count). The summed E-state index contributed by atoms with van der Waals surface area (Å²) in [6, 6.07) is 5.57. The highest BCUT2D eigenvalue weighted by molar-refractivity contribution is 6.34. The molecule has 0 saturated heterocycles. The van der Waals surface area contributed by atoms with Gasteiger partial charge in [0, 0.05) is 5.39 Å². The Bertz CT molecular complexity index is 531. The summed E-state index contributed by atoms with van der Waals surface area (Å²) in [5.74, 6) is -1.00. The standard InChI is InChI=1S/C11H10ClNO2/c1-2-6-4-3-5-7-8(11(14)15)10(12)13-9(6)7/h3-5,13H,2H2,1H3,(H,14,15). The molecule has 0 fully saturated rings. The zero-order valence-corrected chi connectivity index (χ0v) is 8.93. The maximum absolute atomic E-state index is 11.0. The number of fused-ring (bicyclic) bond motifs is 1. The summed E-state index contributed by atoms with van der Waals surface area (Å²) in [7, 11) is 0. The summed E-state index contributed by atoms with van der Waals surface area (Å²) in [6.45, 7) is 2.02. The molecule has 78 valence electrons. The second kappa shape index (κ2) is 3.59. The van der Waals surface area contributed by atoms with Gasteiger partial charge in [-0.15, -0.1) is 0 Å². The summed E-state index contributed by atoms with van der Waals surface area (Å²) in [5, 5.41) is 9.88. The van der Waals surface area contributed by atoms with Gasteiger partial charge in [0.05, 0.1) is 5.52 Å². The van der Waals surface area contributed by atoms with E-state index in [1.54, 1.807) is 6.07 Å². The Morgan fingerprint density at radius 3 is 2.87 bits per heavy atom. The van der Waals surface area contributed by atoms with Crippen molar-refractivity contribution in [3.8, 4) is 0 Å². The molecular formula is C11H10ClNO2. The van der Waals surface area contributed by atoms with E-state index >= 15 is 0 Å². The van der Waals surface area contributed by atoms with Crippen LogP contribution in [-0.4, -0.2) is 16.1 Å². The van der Waals surface area contributed by atoms with Crippen LogP contribution in [0.1, 0.15) is 22.8 Å². The Kier molecular flexibility index (Phi) is 2.40. The van der Waals surface area contributed by atoms with Crippen LogP contribution in [0.5, 0.6) is 0 Å². The zero-order chi connectivity index (χ0) is 11.0. The lowest BCUT2D eigenvalue weighted by Crippen LogP contribution is -1.95. The van der Waals surface area contributed by atoms with Crippen molar-refractivity contribution in [1.29, 1.82) is 0 Å². The molecule has 15 heavy (non-hydrogen) atoms. The van der Waals surface area contributed by atoms with Gasteiger partial charge in [-0.3, -0.25) is 0 Å². The zero-order valence-electron chi connectivity index (χ0n) is 8.17. The number of benzene rings is 1. The van der Waals surface area contributed by atoms with E-state index < -0.39 is 5.97 Å². The number of aromatic amines is 1. The number of carboxylic acid groups (broad SMARTS) is 1. The van der Waals surface area contributed by atoms with Crippen molar-refractivity contribution in [2.45, 2.75) is 13.3 Å². The second-order valence-electron chi connectivity index (χ2n) is 3.31. The first-order chi connectivity index (χ1) is 7.15. The van der Waals surface area contributed by atoms with Gasteiger partial charge < -0.3 is 10.1 Å². The van der Waals surface area contributed by atoms with Crippen molar-refractivity contribution in [2.24, 2.45) is 0 Å². The predicted octanol–water partition coefficient (Wildman–Crippen LogP) is 3.08. The van der Waals surface area contributed by atoms with Crippen LogP contribution in [0.25, 0.3) is 10.9 Å². The van der Waals surface area contributed by atoms with Crippen molar-refractivity contribution in [3.05, 3.63) is 34.5 Å². The summed E-state index contributed by atoms with van der Waals surface area (Å²) in [4.78, 5) is 13.9. The van der Waals surface area contributed by atoms with Crippen LogP contribution < -0.4 is 0 Å². The maximum atomic E-state index is 11.0. The molecule has 0 bridgehead atoms. The van der Waals surface area contributed by atoms with E-state index in [4.69, 9.17) is 16.7 Å². The third-order valence-corrected chi connectivity index (χ3v) is 2.75. The summed E-state index contributed by atoms with van der Waals surface area (Å²) < 4.78 is 0. The number of carbonyl (C=O) groups is 1. The van der Waals surface area contributed by atoms with Gasteiger partial charge in [-0.05, 0) is 12.0 Å². The monoisotopic (exact) mass is 223 g/mol. The highest BCUT2D eigenvalue weighted by Crippen LogP contribution is 2.28. The number of H-pyrrole nitrogens is 1. The van der Waals surface area contributed by atoms with E-state index in [1.807, 2.05) is 19.1 Å². The van der Waals surface area contributed by atoms with Crippen molar-refractivity contribution in [3.63, 3.8) is 0 Å². The average molecular weight is 224 g/mol. The molecular weight excluding hydrogens is 214 g/mol. The minimum atomic E-state index is -1.00. The van der Waals surface area contributed by atoms with Crippen LogP contribution in [0.2, 0.25) is 5.15 Å². The Balaban J connectivity index is 2.84. The number of aromatic carboxylic acids is 1. The molecule has 0 spiro atoms. The molecule has 1 aromatic heterocycles. The molecule has 2 aromatic rings. The highest BCUT2D eigenvalue weighted by Gasteiger charge is 2.17. The number of hydrogen-bond donors (Lipinski definition) is 2. The van der Waals surface area contributed by atoms with Crippen LogP contribution in [0.4, 0.5) is 0 Å².